The van der Waals surface area contributed by atoms with Crippen molar-refractivity contribution in [2.75, 3.05) is 5.73 Å². The largest absolute Gasteiger partial charge is 0.399 e. The molecule has 0 aromatic heterocycles. The van der Waals surface area contributed by atoms with E-state index < -0.39 is 10.8 Å². The minimum atomic E-state index is -0.591. The predicted molar refractivity (Wildman–Crippen MR) is 86.3 cm³/mol. The highest BCUT2D eigenvalue weighted by Crippen LogP contribution is 2.22. The molecule has 0 bridgehead atoms. The van der Waals surface area contributed by atoms with E-state index in [1.165, 1.54) is 23.8 Å². The first-order valence-corrected chi connectivity index (χ1v) is 7.05. The van der Waals surface area contributed by atoms with Crippen LogP contribution in [-0.2, 0) is 6.42 Å². The Labute approximate surface area is 132 Å². The molecule has 0 saturated carbocycles. The Bertz CT molecular complexity index is 830. The average Bonchev–Trinajstić information content (AvgIpc) is 2.95. The highest BCUT2D eigenvalue weighted by Gasteiger charge is 2.18. The number of hydrogen-bond acceptors (Lipinski definition) is 5. The first kappa shape index (κ1) is 14.7. The fourth-order valence-corrected chi connectivity index (χ4v) is 2.58. The second-order valence-corrected chi connectivity index (χ2v) is 5.23. The summed E-state index contributed by atoms with van der Waals surface area (Å²) in [6.07, 6.45) is 1.63. The third-order valence-electron chi connectivity index (χ3n) is 3.66. The smallest absolute Gasteiger partial charge is 0.272 e. The number of nitrogen functional groups attached to an aromatic ring is 1. The van der Waals surface area contributed by atoms with Crippen molar-refractivity contribution in [3.8, 4) is 0 Å². The van der Waals surface area contributed by atoms with Crippen LogP contribution >= 0.6 is 0 Å². The molecule has 7 heteroatoms. The molecule has 0 heterocycles. The maximum Gasteiger partial charge on any atom is 0.272 e. The van der Waals surface area contributed by atoms with Crippen molar-refractivity contribution in [3.63, 3.8) is 0 Å². The van der Waals surface area contributed by atoms with Gasteiger partial charge in [-0.15, -0.1) is 0 Å². The molecule has 2 aromatic rings. The number of rotatable bonds is 3. The highest BCUT2D eigenvalue weighted by molar-refractivity contribution is 6.05. The first-order valence-electron chi connectivity index (χ1n) is 7.05. The second-order valence-electron chi connectivity index (χ2n) is 5.23. The van der Waals surface area contributed by atoms with Crippen LogP contribution in [0.3, 0.4) is 0 Å². The van der Waals surface area contributed by atoms with E-state index in [9.17, 15) is 14.9 Å². The summed E-state index contributed by atoms with van der Waals surface area (Å²) in [4.78, 5) is 22.4. The van der Waals surface area contributed by atoms with Crippen molar-refractivity contribution >= 4 is 23.0 Å². The van der Waals surface area contributed by atoms with E-state index in [0.717, 1.165) is 24.1 Å². The Morgan fingerprint density at radius 2 is 2.00 bits per heavy atom. The van der Waals surface area contributed by atoms with Crippen LogP contribution in [0.4, 0.5) is 11.4 Å². The normalized spacial score (nSPS) is 14.5. The molecule has 7 nitrogen and oxygen atoms in total. The number of non-ortho nitro benzene ring substituents is 1. The molecule has 0 atom stereocenters. The van der Waals surface area contributed by atoms with Gasteiger partial charge in [0, 0.05) is 23.4 Å². The molecule has 2 aromatic carbocycles. The lowest BCUT2D eigenvalue weighted by molar-refractivity contribution is -0.384. The van der Waals surface area contributed by atoms with E-state index in [2.05, 4.69) is 10.5 Å². The van der Waals surface area contributed by atoms with Crippen molar-refractivity contribution in [2.24, 2.45) is 5.10 Å². The summed E-state index contributed by atoms with van der Waals surface area (Å²) >= 11 is 0. The number of benzene rings is 2. The Balaban J connectivity index is 1.81. The molecule has 0 fully saturated rings. The molecule has 1 aliphatic rings. The van der Waals surface area contributed by atoms with Crippen LogP contribution in [0.15, 0.2) is 47.6 Å². The number of amides is 1. The van der Waals surface area contributed by atoms with Crippen molar-refractivity contribution in [3.05, 3.63) is 69.3 Å². The number of anilines is 1. The van der Waals surface area contributed by atoms with Crippen LogP contribution in [0.25, 0.3) is 0 Å². The quantitative estimate of drug-likeness (QED) is 0.514. The average molecular weight is 310 g/mol. The summed E-state index contributed by atoms with van der Waals surface area (Å²) in [6, 6.07) is 11.6. The Morgan fingerprint density at radius 1 is 1.22 bits per heavy atom. The maximum absolute atomic E-state index is 12.1. The summed E-state index contributed by atoms with van der Waals surface area (Å²) in [7, 11) is 0. The Kier molecular flexibility index (Phi) is 3.76. The molecule has 3 rings (SSSR count). The number of hydrazone groups is 1. The third kappa shape index (κ3) is 3.03. The van der Waals surface area contributed by atoms with Crippen molar-refractivity contribution in [2.45, 2.75) is 12.8 Å². The number of nitrogens with zero attached hydrogens (tertiary/aromatic N) is 2. The maximum atomic E-state index is 12.1. The highest BCUT2D eigenvalue weighted by atomic mass is 16.6. The standard InChI is InChI=1S/C16H14N4O3/c17-12-7-11(8-13(9-12)20(22)23)16(21)19-18-15-6-5-10-3-1-2-4-14(10)15/h1-4,7-9H,5-6,17H2,(H,19,21). The number of fused-ring (bicyclic) bond motifs is 1. The number of nitro groups is 1. The van der Waals surface area contributed by atoms with Gasteiger partial charge in [0.05, 0.1) is 16.2 Å². The zero-order valence-corrected chi connectivity index (χ0v) is 12.2. The Morgan fingerprint density at radius 3 is 2.78 bits per heavy atom. The fourth-order valence-electron chi connectivity index (χ4n) is 2.58. The number of hydrogen-bond donors (Lipinski definition) is 2. The van der Waals surface area contributed by atoms with E-state index in [1.54, 1.807) is 0 Å². The second kappa shape index (κ2) is 5.88. The fraction of sp³-hybridized carbons (Fsp3) is 0.125. The van der Waals surface area contributed by atoms with Crippen LogP contribution in [0, 0.1) is 10.1 Å². The van der Waals surface area contributed by atoms with Gasteiger partial charge in [0.15, 0.2) is 0 Å². The van der Waals surface area contributed by atoms with Gasteiger partial charge in [-0.25, -0.2) is 5.43 Å². The minimum absolute atomic E-state index is 0.104. The molecule has 0 radical (unpaired) electrons. The van der Waals surface area contributed by atoms with Crippen LogP contribution in [0.1, 0.15) is 27.9 Å². The molecule has 0 spiro atoms. The lowest BCUT2D eigenvalue weighted by Crippen LogP contribution is -2.19. The summed E-state index contributed by atoms with van der Waals surface area (Å²) in [5.74, 6) is -0.530. The topological polar surface area (TPSA) is 111 Å². The molecule has 3 N–H and O–H groups in total. The molecule has 0 saturated heterocycles. The van der Waals surface area contributed by atoms with Gasteiger partial charge in [-0.05, 0) is 24.5 Å². The molecule has 0 unspecified atom stereocenters. The van der Waals surface area contributed by atoms with Crippen LogP contribution in [-0.4, -0.2) is 16.5 Å². The molecule has 1 amide bonds. The van der Waals surface area contributed by atoms with Gasteiger partial charge in [0.2, 0.25) is 0 Å². The lowest BCUT2D eigenvalue weighted by atomic mass is 10.1. The zero-order chi connectivity index (χ0) is 16.4. The van der Waals surface area contributed by atoms with Gasteiger partial charge in [0.1, 0.15) is 0 Å². The number of nitrogens with one attached hydrogen (secondary N) is 1. The molecular weight excluding hydrogens is 296 g/mol. The van der Waals surface area contributed by atoms with Gasteiger partial charge in [-0.3, -0.25) is 14.9 Å². The first-order chi connectivity index (χ1) is 11.0. The van der Waals surface area contributed by atoms with Gasteiger partial charge in [-0.1, -0.05) is 24.3 Å². The van der Waals surface area contributed by atoms with E-state index in [1.807, 2.05) is 24.3 Å². The van der Waals surface area contributed by atoms with Gasteiger partial charge in [0.25, 0.3) is 11.6 Å². The van der Waals surface area contributed by atoms with Crippen LogP contribution in [0.2, 0.25) is 0 Å². The summed E-state index contributed by atoms with van der Waals surface area (Å²) in [5, 5.41) is 15.0. The van der Waals surface area contributed by atoms with Gasteiger partial charge >= 0.3 is 0 Å². The van der Waals surface area contributed by atoms with Crippen LogP contribution < -0.4 is 11.2 Å². The summed E-state index contributed by atoms with van der Waals surface area (Å²) in [6.45, 7) is 0. The van der Waals surface area contributed by atoms with Gasteiger partial charge < -0.3 is 5.73 Å². The number of nitrogens with two attached hydrogens (primary N) is 1. The summed E-state index contributed by atoms with van der Waals surface area (Å²) in [5.41, 5.74) is 11.1. The van der Waals surface area contributed by atoms with E-state index >= 15 is 0 Å². The molecular formula is C16H14N4O3. The zero-order valence-electron chi connectivity index (χ0n) is 12.2. The predicted octanol–water partition coefficient (Wildman–Crippen LogP) is 2.26. The van der Waals surface area contributed by atoms with Crippen LogP contribution in [0.5, 0.6) is 0 Å². The number of nitro benzene ring substituents is 1. The van der Waals surface area contributed by atoms with E-state index in [-0.39, 0.29) is 16.9 Å². The third-order valence-corrected chi connectivity index (χ3v) is 3.66. The summed E-state index contributed by atoms with van der Waals surface area (Å²) < 4.78 is 0. The minimum Gasteiger partial charge on any atom is -0.399 e. The monoisotopic (exact) mass is 310 g/mol. The molecule has 1 aliphatic carbocycles. The number of carbonyl (C=O) groups excluding carboxylic acids is 1. The molecule has 23 heavy (non-hydrogen) atoms. The van der Waals surface area contributed by atoms with Crippen molar-refractivity contribution < 1.29 is 9.72 Å². The SMILES string of the molecule is Nc1cc(C(=O)NN=C2CCc3ccccc32)cc([N+](=O)[O-])c1. The Hall–Kier alpha value is -3.22. The van der Waals surface area contributed by atoms with E-state index in [0.29, 0.717) is 0 Å². The van der Waals surface area contributed by atoms with Crippen molar-refractivity contribution in [1.29, 1.82) is 0 Å². The lowest BCUT2D eigenvalue weighted by Gasteiger charge is -2.04. The molecule has 0 aliphatic heterocycles. The van der Waals surface area contributed by atoms with E-state index in [4.69, 9.17) is 5.73 Å². The van der Waals surface area contributed by atoms with Crippen molar-refractivity contribution in [1.82, 2.24) is 5.43 Å². The number of aryl methyl sites for hydroxylation is 1. The molecule has 116 valence electrons. The van der Waals surface area contributed by atoms with Gasteiger partial charge in [-0.2, -0.15) is 5.10 Å². The number of carbonyl (C=O) groups is 1.